The van der Waals surface area contributed by atoms with E-state index in [0.717, 1.165) is 16.8 Å². The lowest BCUT2D eigenvalue weighted by atomic mass is 9.97. The molecular formula is C27H32N4O3. The van der Waals surface area contributed by atoms with Crippen LogP contribution in [0.4, 0.5) is 10.6 Å². The van der Waals surface area contributed by atoms with Crippen molar-refractivity contribution in [1.29, 1.82) is 0 Å². The average Bonchev–Trinajstić information content (AvgIpc) is 3.11. The quantitative estimate of drug-likeness (QED) is 0.588. The maximum absolute atomic E-state index is 12.9. The van der Waals surface area contributed by atoms with E-state index in [2.05, 4.69) is 29.5 Å². The maximum atomic E-state index is 12.9. The van der Waals surface area contributed by atoms with E-state index in [1.54, 1.807) is 11.0 Å². The van der Waals surface area contributed by atoms with Crippen molar-refractivity contribution in [3.05, 3.63) is 82.0 Å². The summed E-state index contributed by atoms with van der Waals surface area (Å²) < 4.78 is 7.39. The predicted octanol–water partition coefficient (Wildman–Crippen LogP) is 5.09. The van der Waals surface area contributed by atoms with Gasteiger partial charge in [-0.3, -0.25) is 9.48 Å². The summed E-state index contributed by atoms with van der Waals surface area (Å²) in [5.41, 5.74) is 5.55. The molecule has 7 nitrogen and oxygen atoms in total. The third-order valence-electron chi connectivity index (χ3n) is 5.94. The van der Waals surface area contributed by atoms with Gasteiger partial charge in [-0.05, 0) is 75.4 Å². The van der Waals surface area contributed by atoms with Crippen LogP contribution in [0.1, 0.15) is 59.1 Å². The Morgan fingerprint density at radius 3 is 2.56 bits per heavy atom. The van der Waals surface area contributed by atoms with Crippen LogP contribution in [0.2, 0.25) is 0 Å². The maximum Gasteiger partial charge on any atom is 0.410 e. The van der Waals surface area contributed by atoms with Gasteiger partial charge in [0.2, 0.25) is 0 Å². The molecule has 4 rings (SSSR count). The summed E-state index contributed by atoms with van der Waals surface area (Å²) in [7, 11) is 0. The van der Waals surface area contributed by atoms with Crippen molar-refractivity contribution in [2.24, 2.45) is 0 Å². The third-order valence-corrected chi connectivity index (χ3v) is 5.94. The highest BCUT2D eigenvalue weighted by Gasteiger charge is 2.26. The molecule has 1 aliphatic heterocycles. The Labute approximate surface area is 200 Å². The van der Waals surface area contributed by atoms with E-state index in [0.29, 0.717) is 37.4 Å². The highest BCUT2D eigenvalue weighted by molar-refractivity contribution is 6.04. The molecule has 2 amide bonds. The van der Waals surface area contributed by atoms with E-state index >= 15 is 0 Å². The van der Waals surface area contributed by atoms with Crippen LogP contribution in [0.5, 0.6) is 0 Å². The van der Waals surface area contributed by atoms with Gasteiger partial charge in [0.25, 0.3) is 5.91 Å². The normalized spacial score (nSPS) is 13.4. The number of anilines is 1. The molecule has 0 atom stereocenters. The molecule has 3 aromatic rings. The number of ether oxygens (including phenoxy) is 1. The first kappa shape index (κ1) is 23.5. The molecule has 0 unspecified atom stereocenters. The second-order valence-electron chi connectivity index (χ2n) is 9.84. The van der Waals surface area contributed by atoms with Crippen molar-refractivity contribution in [2.45, 2.75) is 59.7 Å². The Balaban J connectivity index is 1.42. The fourth-order valence-electron chi connectivity index (χ4n) is 4.05. The number of hydrogen-bond acceptors (Lipinski definition) is 4. The molecule has 7 heteroatoms. The van der Waals surface area contributed by atoms with E-state index in [1.165, 1.54) is 11.1 Å². The number of fused-ring (bicyclic) bond motifs is 1. The van der Waals surface area contributed by atoms with Crippen molar-refractivity contribution in [3.63, 3.8) is 0 Å². The molecule has 0 aliphatic carbocycles. The molecular weight excluding hydrogens is 428 g/mol. The van der Waals surface area contributed by atoms with Crippen LogP contribution < -0.4 is 5.32 Å². The smallest absolute Gasteiger partial charge is 0.410 e. The fraction of sp³-hybridized carbons (Fsp3) is 0.370. The summed E-state index contributed by atoms with van der Waals surface area (Å²) in [6.07, 6.45) is 0.372. The van der Waals surface area contributed by atoms with Gasteiger partial charge < -0.3 is 15.0 Å². The summed E-state index contributed by atoms with van der Waals surface area (Å²) in [5.74, 6) is 0.336. The van der Waals surface area contributed by atoms with E-state index in [1.807, 2.05) is 62.7 Å². The number of benzene rings is 2. The lowest BCUT2D eigenvalue weighted by molar-refractivity contribution is 0.0224. The molecule has 178 valence electrons. The van der Waals surface area contributed by atoms with Crippen molar-refractivity contribution < 1.29 is 14.3 Å². The van der Waals surface area contributed by atoms with Crippen molar-refractivity contribution >= 4 is 17.8 Å². The lowest BCUT2D eigenvalue weighted by Gasteiger charge is -2.31. The highest BCUT2D eigenvalue weighted by Crippen LogP contribution is 2.23. The van der Waals surface area contributed by atoms with E-state index < -0.39 is 5.60 Å². The first-order valence-electron chi connectivity index (χ1n) is 11.6. The number of aromatic nitrogens is 2. The zero-order valence-corrected chi connectivity index (χ0v) is 20.5. The Morgan fingerprint density at radius 2 is 1.82 bits per heavy atom. The lowest BCUT2D eigenvalue weighted by Crippen LogP contribution is -2.39. The molecule has 1 N–H and O–H groups in total. The molecule has 1 aromatic heterocycles. The van der Waals surface area contributed by atoms with E-state index in [4.69, 9.17) is 4.74 Å². The van der Waals surface area contributed by atoms with Gasteiger partial charge in [0.1, 0.15) is 5.60 Å². The highest BCUT2D eigenvalue weighted by atomic mass is 16.6. The van der Waals surface area contributed by atoms with E-state index in [9.17, 15) is 9.59 Å². The monoisotopic (exact) mass is 460 g/mol. The summed E-state index contributed by atoms with van der Waals surface area (Å²) in [6, 6.07) is 15.7. The van der Waals surface area contributed by atoms with Gasteiger partial charge in [-0.2, -0.15) is 5.10 Å². The average molecular weight is 461 g/mol. The van der Waals surface area contributed by atoms with Crippen molar-refractivity contribution in [2.75, 3.05) is 11.9 Å². The summed E-state index contributed by atoms with van der Waals surface area (Å²) in [4.78, 5) is 27.0. The number of nitrogens with one attached hydrogen (secondary N) is 1. The molecule has 0 bridgehead atoms. The van der Waals surface area contributed by atoms with Gasteiger partial charge in [-0.25, -0.2) is 4.79 Å². The standard InChI is InChI=1S/C27H32N4O3/c1-18-8-6-7-9-22(18)17-31-19(2)14-24(29-31)28-25(32)21-10-11-23-16-30(13-12-20(23)15-21)26(33)34-27(3,4)5/h6-11,14-15H,12-13,16-17H2,1-5H3,(H,28,29,32). The van der Waals surface area contributed by atoms with Gasteiger partial charge in [-0.15, -0.1) is 0 Å². The number of aryl methyl sites for hydroxylation is 2. The largest absolute Gasteiger partial charge is 0.444 e. The minimum Gasteiger partial charge on any atom is -0.444 e. The van der Waals surface area contributed by atoms with Crippen LogP contribution in [0.15, 0.2) is 48.5 Å². The summed E-state index contributed by atoms with van der Waals surface area (Å²) in [6.45, 7) is 11.4. The number of carbonyl (C=O) groups is 2. The molecule has 1 aliphatic rings. The van der Waals surface area contributed by atoms with E-state index in [-0.39, 0.29) is 12.0 Å². The first-order valence-corrected chi connectivity index (χ1v) is 11.6. The molecule has 2 heterocycles. The Hall–Kier alpha value is -3.61. The van der Waals surface area contributed by atoms with Crippen molar-refractivity contribution in [1.82, 2.24) is 14.7 Å². The molecule has 0 radical (unpaired) electrons. The van der Waals surface area contributed by atoms with Gasteiger partial charge >= 0.3 is 6.09 Å². The Bertz CT molecular complexity index is 1220. The van der Waals surface area contributed by atoms with Crippen LogP contribution in [0, 0.1) is 13.8 Å². The second-order valence-corrected chi connectivity index (χ2v) is 9.84. The molecule has 0 saturated heterocycles. The summed E-state index contributed by atoms with van der Waals surface area (Å²) >= 11 is 0. The zero-order valence-electron chi connectivity index (χ0n) is 20.5. The van der Waals surface area contributed by atoms with Crippen LogP contribution in [-0.2, 0) is 24.2 Å². The van der Waals surface area contributed by atoms with Crippen molar-refractivity contribution in [3.8, 4) is 0 Å². The number of hydrogen-bond donors (Lipinski definition) is 1. The van der Waals surface area contributed by atoms with Gasteiger partial charge in [0.05, 0.1) is 6.54 Å². The number of amides is 2. The zero-order chi connectivity index (χ0) is 24.5. The predicted molar refractivity (Wildman–Crippen MR) is 132 cm³/mol. The number of rotatable bonds is 4. The number of carbonyl (C=O) groups excluding carboxylic acids is 2. The molecule has 0 spiro atoms. The van der Waals surface area contributed by atoms with Gasteiger partial charge in [0, 0.05) is 30.4 Å². The molecule has 0 fully saturated rings. The topological polar surface area (TPSA) is 76.5 Å². The minimum atomic E-state index is -0.523. The van der Waals surface area contributed by atoms with Crippen LogP contribution >= 0.6 is 0 Å². The molecule has 2 aromatic carbocycles. The molecule has 0 saturated carbocycles. The minimum absolute atomic E-state index is 0.196. The van der Waals surface area contributed by atoms with Crippen LogP contribution in [0.25, 0.3) is 0 Å². The second kappa shape index (κ2) is 9.33. The van der Waals surface area contributed by atoms with Crippen LogP contribution in [-0.4, -0.2) is 38.8 Å². The van der Waals surface area contributed by atoms with Gasteiger partial charge in [0.15, 0.2) is 5.82 Å². The Morgan fingerprint density at radius 1 is 1.06 bits per heavy atom. The first-order chi connectivity index (χ1) is 16.1. The summed E-state index contributed by atoms with van der Waals surface area (Å²) in [5, 5.41) is 7.51. The third kappa shape index (κ3) is 5.47. The number of nitrogens with zero attached hydrogens (tertiary/aromatic N) is 3. The SMILES string of the molecule is Cc1ccccc1Cn1nc(NC(=O)c2ccc3c(c2)CCN(C(=O)OC(C)(C)C)C3)cc1C. The van der Waals surface area contributed by atoms with Crippen LogP contribution in [0.3, 0.4) is 0 Å². The Kier molecular flexibility index (Phi) is 6.46. The fourth-order valence-corrected chi connectivity index (χ4v) is 4.05. The molecule has 34 heavy (non-hydrogen) atoms. The van der Waals surface area contributed by atoms with Gasteiger partial charge in [-0.1, -0.05) is 30.3 Å².